The van der Waals surface area contributed by atoms with Crippen LogP contribution in [0.3, 0.4) is 0 Å². The lowest BCUT2D eigenvalue weighted by Gasteiger charge is -2.32. The monoisotopic (exact) mass is 474 g/mol. The average molecular weight is 475 g/mol. The van der Waals surface area contributed by atoms with Crippen molar-refractivity contribution < 1.29 is 13.2 Å². The summed E-state index contributed by atoms with van der Waals surface area (Å²) in [5, 5.41) is 0. The van der Waals surface area contributed by atoms with Crippen LogP contribution in [0, 0.1) is 0 Å². The van der Waals surface area contributed by atoms with Crippen LogP contribution >= 0.6 is 11.3 Å². The van der Waals surface area contributed by atoms with Gasteiger partial charge in [0.25, 0.3) is 0 Å². The molecule has 5 rings (SSSR count). The molecule has 0 N–H and O–H groups in total. The highest BCUT2D eigenvalue weighted by atomic mass is 32.2. The molecule has 32 heavy (non-hydrogen) atoms. The van der Waals surface area contributed by atoms with Crippen molar-refractivity contribution in [1.82, 2.24) is 24.2 Å². The Kier molecular flexibility index (Phi) is 6.08. The van der Waals surface area contributed by atoms with Crippen molar-refractivity contribution in [3.63, 3.8) is 0 Å². The van der Waals surface area contributed by atoms with Gasteiger partial charge in [-0.05, 0) is 18.2 Å². The number of fused-ring (bicyclic) bond motifs is 1. The van der Waals surface area contributed by atoms with Gasteiger partial charge in [0.05, 0.1) is 29.7 Å². The van der Waals surface area contributed by atoms with Gasteiger partial charge in [0, 0.05) is 68.6 Å². The molecule has 11 heteroatoms. The summed E-state index contributed by atoms with van der Waals surface area (Å²) in [6.45, 7) is 6.31. The first-order valence-corrected chi connectivity index (χ1v) is 13.3. The molecule has 0 unspecified atom stereocenters. The van der Waals surface area contributed by atoms with Crippen molar-refractivity contribution in [2.75, 3.05) is 63.6 Å². The van der Waals surface area contributed by atoms with Gasteiger partial charge in [0.2, 0.25) is 10.0 Å². The van der Waals surface area contributed by atoms with Crippen LogP contribution < -0.4 is 4.90 Å². The summed E-state index contributed by atoms with van der Waals surface area (Å²) in [4.78, 5) is 19.7. The topological polar surface area (TPSA) is 91.8 Å². The Balaban J connectivity index is 1.44. The van der Waals surface area contributed by atoms with Crippen molar-refractivity contribution in [3.05, 3.63) is 35.5 Å². The van der Waals surface area contributed by atoms with Gasteiger partial charge in [-0.25, -0.2) is 18.4 Å². The summed E-state index contributed by atoms with van der Waals surface area (Å²) >= 11 is 1.73. The Morgan fingerprint density at radius 1 is 1.03 bits per heavy atom. The first-order chi connectivity index (χ1) is 15.5. The van der Waals surface area contributed by atoms with E-state index in [1.165, 1.54) is 11.1 Å². The number of sulfonamides is 1. The highest BCUT2D eigenvalue weighted by molar-refractivity contribution is 7.88. The van der Waals surface area contributed by atoms with Crippen LogP contribution in [0.5, 0.6) is 0 Å². The molecule has 9 nitrogen and oxygen atoms in total. The van der Waals surface area contributed by atoms with Crippen LogP contribution in [0.2, 0.25) is 0 Å². The number of morpholine rings is 1. The minimum atomic E-state index is -3.12. The van der Waals surface area contributed by atoms with E-state index in [9.17, 15) is 8.42 Å². The summed E-state index contributed by atoms with van der Waals surface area (Å²) in [7, 11) is -3.12. The maximum Gasteiger partial charge on any atom is 0.211 e. The molecular formula is C21H26N6O3S2. The Morgan fingerprint density at radius 2 is 1.75 bits per heavy atom. The van der Waals surface area contributed by atoms with Crippen molar-refractivity contribution in [3.8, 4) is 11.4 Å². The van der Waals surface area contributed by atoms with Crippen LogP contribution in [-0.2, 0) is 21.3 Å². The van der Waals surface area contributed by atoms with Gasteiger partial charge < -0.3 is 9.64 Å². The summed E-state index contributed by atoms with van der Waals surface area (Å²) in [5.41, 5.74) is 1.89. The number of aromatic nitrogens is 3. The van der Waals surface area contributed by atoms with E-state index in [0.717, 1.165) is 54.3 Å². The zero-order valence-electron chi connectivity index (χ0n) is 18.0. The Hall–Kier alpha value is -2.18. The molecule has 3 aromatic heterocycles. The number of nitrogens with zero attached hydrogens (tertiary/aromatic N) is 6. The van der Waals surface area contributed by atoms with Crippen LogP contribution in [0.4, 0.5) is 5.82 Å². The minimum absolute atomic E-state index is 0.536. The molecule has 0 radical (unpaired) electrons. The molecule has 2 aliphatic rings. The fourth-order valence-electron chi connectivity index (χ4n) is 4.10. The van der Waals surface area contributed by atoms with E-state index in [1.54, 1.807) is 28.0 Å². The normalized spacial score (nSPS) is 19.0. The molecule has 0 amide bonds. The number of ether oxygens (including phenoxy) is 1. The molecule has 3 aromatic rings. The number of thiophene rings is 1. The molecule has 0 spiro atoms. The lowest BCUT2D eigenvalue weighted by molar-refractivity contribution is 0.122. The maximum absolute atomic E-state index is 11.8. The average Bonchev–Trinajstić information content (AvgIpc) is 3.21. The lowest BCUT2D eigenvalue weighted by atomic mass is 10.2. The zero-order chi connectivity index (χ0) is 22.1. The van der Waals surface area contributed by atoms with E-state index < -0.39 is 10.0 Å². The summed E-state index contributed by atoms with van der Waals surface area (Å²) in [6, 6.07) is 6.01. The molecule has 0 atom stereocenters. The van der Waals surface area contributed by atoms with E-state index in [2.05, 4.69) is 20.9 Å². The van der Waals surface area contributed by atoms with Crippen LogP contribution in [0.1, 0.15) is 4.88 Å². The van der Waals surface area contributed by atoms with Crippen LogP contribution in [0.15, 0.2) is 30.6 Å². The Bertz CT molecular complexity index is 1190. The minimum Gasteiger partial charge on any atom is -0.378 e. The van der Waals surface area contributed by atoms with E-state index in [-0.39, 0.29) is 0 Å². The number of rotatable bonds is 5. The van der Waals surface area contributed by atoms with E-state index in [4.69, 9.17) is 14.7 Å². The third-order valence-electron chi connectivity index (χ3n) is 5.83. The van der Waals surface area contributed by atoms with E-state index in [1.807, 2.05) is 12.1 Å². The van der Waals surface area contributed by atoms with Crippen molar-refractivity contribution in [2.24, 2.45) is 0 Å². The summed E-state index contributed by atoms with van der Waals surface area (Å²) < 4.78 is 31.8. The smallest absolute Gasteiger partial charge is 0.211 e. The van der Waals surface area contributed by atoms with Gasteiger partial charge in [-0.15, -0.1) is 11.3 Å². The largest absolute Gasteiger partial charge is 0.378 e. The SMILES string of the molecule is CS(=O)(=O)N1CCN(Cc2cc3nc(-c4ccncc4)nc(N4CCOCC4)c3s2)CC1. The van der Waals surface area contributed by atoms with Gasteiger partial charge in [0.15, 0.2) is 11.6 Å². The molecule has 5 heterocycles. The van der Waals surface area contributed by atoms with Crippen molar-refractivity contribution in [1.29, 1.82) is 0 Å². The van der Waals surface area contributed by atoms with Gasteiger partial charge in [-0.3, -0.25) is 9.88 Å². The third kappa shape index (κ3) is 4.62. The third-order valence-corrected chi connectivity index (χ3v) is 8.24. The van der Waals surface area contributed by atoms with Crippen molar-refractivity contribution >= 4 is 37.4 Å². The Morgan fingerprint density at radius 3 is 2.44 bits per heavy atom. The van der Waals surface area contributed by atoms with Gasteiger partial charge in [-0.1, -0.05) is 0 Å². The Labute approximate surface area is 191 Å². The molecule has 0 saturated carbocycles. The second-order valence-electron chi connectivity index (χ2n) is 8.07. The first-order valence-electron chi connectivity index (χ1n) is 10.7. The second kappa shape index (κ2) is 8.99. The number of piperazine rings is 1. The predicted molar refractivity (Wildman–Crippen MR) is 125 cm³/mol. The summed E-state index contributed by atoms with van der Waals surface area (Å²) in [5.74, 6) is 1.66. The molecule has 2 aliphatic heterocycles. The fourth-order valence-corrected chi connectivity index (χ4v) is 6.08. The van der Waals surface area contributed by atoms with Crippen molar-refractivity contribution in [2.45, 2.75) is 6.54 Å². The van der Waals surface area contributed by atoms with Crippen LogP contribution in [0.25, 0.3) is 21.6 Å². The molecular weight excluding hydrogens is 448 g/mol. The molecule has 0 aliphatic carbocycles. The number of pyridine rings is 1. The second-order valence-corrected chi connectivity index (χ2v) is 11.2. The van der Waals surface area contributed by atoms with E-state index in [0.29, 0.717) is 32.1 Å². The first kappa shape index (κ1) is 21.7. The van der Waals surface area contributed by atoms with E-state index >= 15 is 0 Å². The number of hydrogen-bond donors (Lipinski definition) is 0. The molecule has 2 fully saturated rings. The number of anilines is 1. The fraction of sp³-hybridized carbons (Fsp3) is 0.476. The predicted octanol–water partition coefficient (Wildman–Crippen LogP) is 1.67. The van der Waals surface area contributed by atoms with Gasteiger partial charge >= 0.3 is 0 Å². The molecule has 2 saturated heterocycles. The quantitative estimate of drug-likeness (QED) is 0.552. The molecule has 0 bridgehead atoms. The standard InChI is InChI=1S/C21H26N6O3S2/c1-32(28,29)27-8-6-25(7-9-27)15-17-14-18-19(31-17)21(26-10-12-30-13-11-26)24-20(23-18)16-2-4-22-5-3-16/h2-5,14H,6-13,15H2,1H3. The number of hydrogen-bond acceptors (Lipinski definition) is 9. The highest BCUT2D eigenvalue weighted by Gasteiger charge is 2.25. The summed E-state index contributed by atoms with van der Waals surface area (Å²) in [6.07, 6.45) is 4.79. The highest BCUT2D eigenvalue weighted by Crippen LogP contribution is 2.35. The van der Waals surface area contributed by atoms with Crippen LogP contribution in [-0.4, -0.2) is 91.3 Å². The lowest BCUT2D eigenvalue weighted by Crippen LogP contribution is -2.47. The maximum atomic E-state index is 11.8. The zero-order valence-corrected chi connectivity index (χ0v) is 19.6. The van der Waals surface area contributed by atoms with Gasteiger partial charge in [0.1, 0.15) is 0 Å². The molecule has 0 aromatic carbocycles. The molecule has 170 valence electrons. The van der Waals surface area contributed by atoms with Gasteiger partial charge in [-0.2, -0.15) is 4.31 Å².